The Labute approximate surface area is 122 Å². The van der Waals surface area contributed by atoms with Crippen molar-refractivity contribution in [1.82, 2.24) is 0 Å². The number of anilines is 1. The molecule has 0 saturated heterocycles. The van der Waals surface area contributed by atoms with Crippen molar-refractivity contribution in [3.8, 4) is 5.75 Å². The number of alkyl halides is 3. The first-order valence-electron chi connectivity index (χ1n) is 6.69. The predicted molar refractivity (Wildman–Crippen MR) is 77.3 cm³/mol. The van der Waals surface area contributed by atoms with Crippen LogP contribution < -0.4 is 15.8 Å². The van der Waals surface area contributed by atoms with Gasteiger partial charge >= 0.3 is 6.36 Å². The van der Waals surface area contributed by atoms with Crippen LogP contribution in [0.4, 0.5) is 18.9 Å². The van der Waals surface area contributed by atoms with E-state index in [0.717, 1.165) is 12.8 Å². The first-order valence-corrected chi connectivity index (χ1v) is 6.69. The van der Waals surface area contributed by atoms with Crippen LogP contribution in [0.25, 0.3) is 0 Å². The van der Waals surface area contributed by atoms with Crippen LogP contribution in [0.5, 0.6) is 5.75 Å². The van der Waals surface area contributed by atoms with Gasteiger partial charge in [0.05, 0.1) is 5.69 Å². The highest BCUT2D eigenvalue weighted by Gasteiger charge is 2.32. The van der Waals surface area contributed by atoms with Gasteiger partial charge in [-0.3, -0.25) is 4.99 Å². The van der Waals surface area contributed by atoms with Crippen LogP contribution in [0.3, 0.4) is 0 Å². The van der Waals surface area contributed by atoms with Crippen LogP contribution in [0.1, 0.15) is 26.7 Å². The molecule has 0 amide bonds. The largest absolute Gasteiger partial charge is 0.573 e. The topological polar surface area (TPSA) is 59.6 Å². The maximum Gasteiger partial charge on any atom is 0.573 e. The summed E-state index contributed by atoms with van der Waals surface area (Å²) in [6.07, 6.45) is -2.85. The Morgan fingerprint density at radius 1 is 1.33 bits per heavy atom. The molecule has 21 heavy (non-hydrogen) atoms. The van der Waals surface area contributed by atoms with Gasteiger partial charge in [-0.25, -0.2) is 0 Å². The molecule has 7 heteroatoms. The van der Waals surface area contributed by atoms with Crippen LogP contribution in [0, 0.1) is 5.92 Å². The lowest BCUT2D eigenvalue weighted by Crippen LogP contribution is -2.24. The normalized spacial score (nSPS) is 12.6. The Morgan fingerprint density at radius 3 is 2.62 bits per heavy atom. The highest BCUT2D eigenvalue weighted by molar-refractivity contribution is 5.93. The molecule has 118 valence electrons. The van der Waals surface area contributed by atoms with E-state index in [2.05, 4.69) is 28.9 Å². The summed E-state index contributed by atoms with van der Waals surface area (Å²) in [6, 6.07) is 5.68. The lowest BCUT2D eigenvalue weighted by Gasteiger charge is -2.14. The van der Waals surface area contributed by atoms with Gasteiger partial charge in [-0.15, -0.1) is 13.2 Å². The molecule has 4 nitrogen and oxygen atoms in total. The zero-order valence-corrected chi connectivity index (χ0v) is 12.1. The van der Waals surface area contributed by atoms with E-state index in [4.69, 9.17) is 5.73 Å². The van der Waals surface area contributed by atoms with Gasteiger partial charge in [0.2, 0.25) is 0 Å². The number of para-hydroxylation sites is 2. The fourth-order valence-electron chi connectivity index (χ4n) is 1.66. The van der Waals surface area contributed by atoms with Crippen molar-refractivity contribution < 1.29 is 17.9 Å². The third-order valence-electron chi connectivity index (χ3n) is 2.60. The van der Waals surface area contributed by atoms with E-state index in [0.29, 0.717) is 12.5 Å². The molecule has 0 saturated carbocycles. The van der Waals surface area contributed by atoms with Gasteiger partial charge in [0.1, 0.15) is 0 Å². The fraction of sp³-hybridized carbons (Fsp3) is 0.500. The summed E-state index contributed by atoms with van der Waals surface area (Å²) in [6.45, 7) is 4.74. The highest BCUT2D eigenvalue weighted by atomic mass is 19.4. The molecule has 0 heterocycles. The highest BCUT2D eigenvalue weighted by Crippen LogP contribution is 2.29. The maximum atomic E-state index is 12.3. The number of ether oxygens (including phenoxy) is 1. The summed E-state index contributed by atoms with van der Waals surface area (Å²) in [4.78, 5) is 4.08. The Balaban J connectivity index is 2.63. The van der Waals surface area contributed by atoms with E-state index >= 15 is 0 Å². The van der Waals surface area contributed by atoms with Gasteiger partial charge in [0, 0.05) is 6.54 Å². The second-order valence-corrected chi connectivity index (χ2v) is 4.97. The third-order valence-corrected chi connectivity index (χ3v) is 2.60. The van der Waals surface area contributed by atoms with Crippen LogP contribution in [-0.2, 0) is 0 Å². The van der Waals surface area contributed by atoms with Crippen molar-refractivity contribution in [2.75, 3.05) is 11.9 Å². The van der Waals surface area contributed by atoms with E-state index in [-0.39, 0.29) is 17.4 Å². The quantitative estimate of drug-likeness (QED) is 0.478. The number of nitrogens with one attached hydrogen (secondary N) is 1. The minimum Gasteiger partial charge on any atom is -0.404 e. The van der Waals surface area contributed by atoms with E-state index < -0.39 is 6.36 Å². The fourth-order valence-corrected chi connectivity index (χ4v) is 1.66. The van der Waals surface area contributed by atoms with Gasteiger partial charge in [0.25, 0.3) is 0 Å². The molecular formula is C14H20F3N3O. The summed E-state index contributed by atoms with van der Waals surface area (Å²) < 4.78 is 40.7. The minimum absolute atomic E-state index is 0.0666. The zero-order chi connectivity index (χ0) is 15.9. The SMILES string of the molecule is CC(C)CCCN=C(N)Nc1ccccc1OC(F)(F)F. The Bertz CT molecular complexity index is 473. The number of benzene rings is 1. The smallest absolute Gasteiger partial charge is 0.404 e. The first kappa shape index (κ1) is 17.1. The van der Waals surface area contributed by atoms with E-state index in [9.17, 15) is 13.2 Å². The average molecular weight is 303 g/mol. The molecule has 0 spiro atoms. The Hall–Kier alpha value is -1.92. The van der Waals surface area contributed by atoms with Gasteiger partial charge in [0.15, 0.2) is 11.7 Å². The van der Waals surface area contributed by atoms with Crippen molar-refractivity contribution in [3.05, 3.63) is 24.3 Å². The van der Waals surface area contributed by atoms with Crippen molar-refractivity contribution in [2.45, 2.75) is 33.1 Å². The van der Waals surface area contributed by atoms with Crippen molar-refractivity contribution in [2.24, 2.45) is 16.6 Å². The second-order valence-electron chi connectivity index (χ2n) is 4.97. The van der Waals surface area contributed by atoms with Gasteiger partial charge in [-0.05, 0) is 30.9 Å². The molecule has 0 aromatic heterocycles. The molecule has 1 aromatic rings. The number of hydrogen-bond donors (Lipinski definition) is 2. The maximum absolute atomic E-state index is 12.3. The zero-order valence-electron chi connectivity index (χ0n) is 12.1. The summed E-state index contributed by atoms with van der Waals surface area (Å²) in [5.41, 5.74) is 5.78. The molecule has 0 aliphatic heterocycles. The van der Waals surface area contributed by atoms with Gasteiger partial charge in [-0.1, -0.05) is 26.0 Å². The molecule has 0 aliphatic rings. The summed E-state index contributed by atoms with van der Waals surface area (Å²) in [5.74, 6) is 0.303. The van der Waals surface area contributed by atoms with Crippen molar-refractivity contribution in [1.29, 1.82) is 0 Å². The standard InChI is InChI=1S/C14H20F3N3O/c1-10(2)6-5-9-19-13(18)20-11-7-3-4-8-12(11)21-14(15,16)17/h3-4,7-8,10H,5-6,9H2,1-2H3,(H3,18,19,20). The first-order chi connectivity index (χ1) is 9.78. The molecule has 0 unspecified atom stereocenters. The molecule has 1 aromatic carbocycles. The third kappa shape index (κ3) is 7.43. The molecule has 0 bridgehead atoms. The molecule has 0 aliphatic carbocycles. The predicted octanol–water partition coefficient (Wildman–Crippen LogP) is 3.75. The van der Waals surface area contributed by atoms with Crippen LogP contribution in [0.15, 0.2) is 29.3 Å². The van der Waals surface area contributed by atoms with E-state index in [1.54, 1.807) is 6.07 Å². The number of nitrogens with two attached hydrogens (primary N) is 1. The summed E-state index contributed by atoms with van der Waals surface area (Å²) in [7, 11) is 0. The van der Waals surface area contributed by atoms with Gasteiger partial charge in [-0.2, -0.15) is 0 Å². The summed E-state index contributed by atoms with van der Waals surface area (Å²) in [5, 5.41) is 2.62. The molecule has 1 rings (SSSR count). The minimum atomic E-state index is -4.75. The van der Waals surface area contributed by atoms with Crippen molar-refractivity contribution in [3.63, 3.8) is 0 Å². The molecule has 0 atom stereocenters. The lowest BCUT2D eigenvalue weighted by atomic mass is 10.1. The summed E-state index contributed by atoms with van der Waals surface area (Å²) >= 11 is 0. The van der Waals surface area contributed by atoms with Crippen molar-refractivity contribution >= 4 is 11.6 Å². The second kappa shape index (κ2) is 7.75. The lowest BCUT2D eigenvalue weighted by molar-refractivity contribution is -0.274. The molecule has 3 N–H and O–H groups in total. The van der Waals surface area contributed by atoms with Crippen LogP contribution in [0.2, 0.25) is 0 Å². The molecular weight excluding hydrogens is 283 g/mol. The number of rotatable bonds is 6. The average Bonchev–Trinajstić information content (AvgIpc) is 2.35. The number of halogens is 3. The van der Waals surface area contributed by atoms with Crippen LogP contribution in [-0.4, -0.2) is 18.9 Å². The number of nitrogens with zero attached hydrogens (tertiary/aromatic N) is 1. The molecule has 0 fully saturated rings. The number of guanidine groups is 1. The molecule has 0 radical (unpaired) electrons. The Kier molecular flexibility index (Phi) is 6.33. The monoisotopic (exact) mass is 303 g/mol. The number of hydrogen-bond acceptors (Lipinski definition) is 2. The van der Waals surface area contributed by atoms with Gasteiger partial charge < -0.3 is 15.8 Å². The van der Waals surface area contributed by atoms with Crippen LogP contribution >= 0.6 is 0 Å². The number of aliphatic imine (C=N–C) groups is 1. The van der Waals surface area contributed by atoms with E-state index in [1.807, 2.05) is 0 Å². The van der Waals surface area contributed by atoms with E-state index in [1.165, 1.54) is 18.2 Å². The Morgan fingerprint density at radius 2 is 2.00 bits per heavy atom.